The number of benzene rings is 2. The number of anilines is 1. The molecule has 7 nitrogen and oxygen atoms in total. The molecule has 7 heteroatoms. The first-order valence-corrected chi connectivity index (χ1v) is 13.0. The Morgan fingerprint density at radius 3 is 2.17 bits per heavy atom. The molecule has 2 aliphatic heterocycles. The molecule has 0 radical (unpaired) electrons. The summed E-state index contributed by atoms with van der Waals surface area (Å²) in [7, 11) is 0. The number of nitrogens with zero attached hydrogens (tertiary/aromatic N) is 4. The van der Waals surface area contributed by atoms with Gasteiger partial charge in [-0.3, -0.25) is 9.59 Å². The molecule has 3 aliphatic rings. The van der Waals surface area contributed by atoms with Gasteiger partial charge in [0.15, 0.2) is 0 Å². The number of amides is 2. The molecular weight excluding hydrogens is 452 g/mol. The van der Waals surface area contributed by atoms with E-state index in [9.17, 15) is 9.59 Å². The van der Waals surface area contributed by atoms with Gasteiger partial charge in [0.05, 0.1) is 0 Å². The number of carbonyl (C=O) groups is 2. The average molecular weight is 485 g/mol. The standard InChI is InChI=1S/C29H32N4O3/c1-21-25(26(30-36-21)22-8-4-2-5-9-22)28(35)32-14-12-29(13-15-32)20-24(29)27(34)33-18-16-31(17-19-33)23-10-6-3-7-11-23/h2-11,24H,12-20H2,1H3/t24-/m1/s1. The van der Waals surface area contributed by atoms with Crippen LogP contribution in [0.15, 0.2) is 65.2 Å². The van der Waals surface area contributed by atoms with Crippen LogP contribution in [-0.2, 0) is 4.79 Å². The predicted octanol–water partition coefficient (Wildman–Crippen LogP) is 4.24. The van der Waals surface area contributed by atoms with E-state index in [0.29, 0.717) is 36.0 Å². The predicted molar refractivity (Wildman–Crippen MR) is 138 cm³/mol. The van der Waals surface area contributed by atoms with Gasteiger partial charge in [0.2, 0.25) is 5.91 Å². The first kappa shape index (κ1) is 22.8. The van der Waals surface area contributed by atoms with Crippen LogP contribution in [0.4, 0.5) is 5.69 Å². The number of likely N-dealkylation sites (tertiary alicyclic amines) is 1. The number of aromatic nitrogens is 1. The fourth-order valence-corrected chi connectivity index (χ4v) is 6.02. The van der Waals surface area contributed by atoms with E-state index in [1.165, 1.54) is 5.69 Å². The van der Waals surface area contributed by atoms with Gasteiger partial charge >= 0.3 is 0 Å². The van der Waals surface area contributed by atoms with Crippen LogP contribution in [0.1, 0.15) is 35.4 Å². The lowest BCUT2D eigenvalue weighted by molar-refractivity contribution is -0.134. The number of piperazine rings is 1. The molecule has 2 aromatic carbocycles. The number of piperidine rings is 1. The molecule has 186 valence electrons. The third-order valence-corrected chi connectivity index (χ3v) is 8.37. The van der Waals surface area contributed by atoms with Gasteiger partial charge < -0.3 is 19.2 Å². The zero-order valence-electron chi connectivity index (χ0n) is 20.7. The van der Waals surface area contributed by atoms with Gasteiger partial charge in [-0.2, -0.15) is 0 Å². The van der Waals surface area contributed by atoms with Crippen molar-refractivity contribution in [2.24, 2.45) is 11.3 Å². The topological polar surface area (TPSA) is 69.9 Å². The number of hydrogen-bond donors (Lipinski definition) is 0. The summed E-state index contributed by atoms with van der Waals surface area (Å²) in [5.41, 5.74) is 3.33. The van der Waals surface area contributed by atoms with E-state index in [-0.39, 0.29) is 17.2 Å². The molecule has 1 aliphatic carbocycles. The van der Waals surface area contributed by atoms with E-state index in [1.54, 1.807) is 6.92 Å². The highest BCUT2D eigenvalue weighted by atomic mass is 16.5. The van der Waals surface area contributed by atoms with Crippen molar-refractivity contribution in [3.63, 3.8) is 0 Å². The minimum absolute atomic E-state index is 0.0250. The van der Waals surface area contributed by atoms with Gasteiger partial charge in [0.1, 0.15) is 17.0 Å². The van der Waals surface area contributed by atoms with Crippen molar-refractivity contribution in [1.29, 1.82) is 0 Å². The molecule has 0 bridgehead atoms. The van der Waals surface area contributed by atoms with Crippen LogP contribution in [0, 0.1) is 18.3 Å². The summed E-state index contributed by atoms with van der Waals surface area (Å²) in [5.74, 6) is 0.940. The van der Waals surface area contributed by atoms with Crippen molar-refractivity contribution in [1.82, 2.24) is 15.0 Å². The largest absolute Gasteiger partial charge is 0.368 e. The molecule has 3 heterocycles. The number of hydrogen-bond acceptors (Lipinski definition) is 5. The van der Waals surface area contributed by atoms with Crippen LogP contribution in [-0.4, -0.2) is 66.0 Å². The molecule has 1 saturated carbocycles. The lowest BCUT2D eigenvalue weighted by Crippen LogP contribution is -2.50. The van der Waals surface area contributed by atoms with E-state index in [4.69, 9.17) is 4.52 Å². The van der Waals surface area contributed by atoms with E-state index >= 15 is 0 Å². The fraction of sp³-hybridized carbons (Fsp3) is 0.414. The highest BCUT2D eigenvalue weighted by Gasteiger charge is 2.59. The van der Waals surface area contributed by atoms with Gasteiger partial charge in [0, 0.05) is 56.4 Å². The summed E-state index contributed by atoms with van der Waals surface area (Å²) in [5, 5.41) is 4.18. The SMILES string of the molecule is Cc1onc(-c2ccccc2)c1C(=O)N1CCC2(CC1)C[C@@H]2C(=O)N1CCN(c2ccccc2)CC1. The Bertz CT molecular complexity index is 1240. The average Bonchev–Trinajstić information content (AvgIpc) is 3.49. The summed E-state index contributed by atoms with van der Waals surface area (Å²) < 4.78 is 5.42. The van der Waals surface area contributed by atoms with Crippen LogP contribution < -0.4 is 4.90 Å². The Morgan fingerprint density at radius 1 is 0.861 bits per heavy atom. The second-order valence-corrected chi connectivity index (χ2v) is 10.4. The lowest BCUT2D eigenvalue weighted by Gasteiger charge is -2.37. The summed E-state index contributed by atoms with van der Waals surface area (Å²) in [6.45, 7) is 6.44. The summed E-state index contributed by atoms with van der Waals surface area (Å²) in [4.78, 5) is 33.1. The van der Waals surface area contributed by atoms with E-state index in [1.807, 2.05) is 41.3 Å². The number of aryl methyl sites for hydroxylation is 1. The lowest BCUT2D eigenvalue weighted by atomic mass is 9.90. The zero-order valence-corrected chi connectivity index (χ0v) is 20.7. The summed E-state index contributed by atoms with van der Waals surface area (Å²) in [6, 6.07) is 20.1. The highest BCUT2D eigenvalue weighted by Crippen LogP contribution is 2.60. The third-order valence-electron chi connectivity index (χ3n) is 8.37. The number of para-hydroxylation sites is 1. The Labute approximate surface area is 211 Å². The second kappa shape index (κ2) is 9.12. The molecule has 1 spiro atoms. The summed E-state index contributed by atoms with van der Waals surface area (Å²) >= 11 is 0. The van der Waals surface area contributed by atoms with Crippen molar-refractivity contribution < 1.29 is 14.1 Å². The van der Waals surface area contributed by atoms with Crippen LogP contribution in [0.2, 0.25) is 0 Å². The summed E-state index contributed by atoms with van der Waals surface area (Å²) in [6.07, 6.45) is 2.71. The smallest absolute Gasteiger partial charge is 0.259 e. The van der Waals surface area contributed by atoms with Crippen molar-refractivity contribution >= 4 is 17.5 Å². The molecule has 6 rings (SSSR count). The number of carbonyl (C=O) groups excluding carboxylic acids is 2. The molecule has 2 saturated heterocycles. The zero-order chi connectivity index (χ0) is 24.7. The normalized spacial score (nSPS) is 21.0. The molecular formula is C29H32N4O3. The Kier molecular flexibility index (Phi) is 5.78. The van der Waals surface area contributed by atoms with Gasteiger partial charge in [-0.05, 0) is 43.7 Å². The maximum absolute atomic E-state index is 13.5. The third kappa shape index (κ3) is 4.06. The van der Waals surface area contributed by atoms with Crippen LogP contribution in [0.25, 0.3) is 11.3 Å². The fourth-order valence-electron chi connectivity index (χ4n) is 6.02. The second-order valence-electron chi connectivity index (χ2n) is 10.4. The van der Waals surface area contributed by atoms with Gasteiger partial charge in [0.25, 0.3) is 5.91 Å². The minimum Gasteiger partial charge on any atom is -0.368 e. The van der Waals surface area contributed by atoms with Gasteiger partial charge in [-0.1, -0.05) is 53.7 Å². The van der Waals surface area contributed by atoms with Crippen molar-refractivity contribution in [3.05, 3.63) is 72.0 Å². The quantitative estimate of drug-likeness (QED) is 0.554. The monoisotopic (exact) mass is 484 g/mol. The van der Waals surface area contributed by atoms with Crippen LogP contribution in [0.3, 0.4) is 0 Å². The van der Waals surface area contributed by atoms with Crippen LogP contribution in [0.5, 0.6) is 0 Å². The van der Waals surface area contributed by atoms with Crippen LogP contribution >= 0.6 is 0 Å². The molecule has 1 atom stereocenters. The minimum atomic E-state index is -0.0250. The Morgan fingerprint density at radius 2 is 1.50 bits per heavy atom. The van der Waals surface area contributed by atoms with E-state index in [2.05, 4.69) is 39.2 Å². The maximum Gasteiger partial charge on any atom is 0.259 e. The van der Waals surface area contributed by atoms with Crippen molar-refractivity contribution in [2.75, 3.05) is 44.2 Å². The van der Waals surface area contributed by atoms with Gasteiger partial charge in [-0.15, -0.1) is 0 Å². The Balaban J connectivity index is 1.06. The molecule has 0 N–H and O–H groups in total. The van der Waals surface area contributed by atoms with Crippen molar-refractivity contribution in [2.45, 2.75) is 26.2 Å². The molecule has 3 aromatic rings. The molecule has 36 heavy (non-hydrogen) atoms. The highest BCUT2D eigenvalue weighted by molar-refractivity contribution is 6.00. The molecule has 2 amide bonds. The molecule has 1 aromatic heterocycles. The number of rotatable bonds is 4. The molecule has 0 unspecified atom stereocenters. The first-order valence-electron chi connectivity index (χ1n) is 13.0. The van der Waals surface area contributed by atoms with Crippen molar-refractivity contribution in [3.8, 4) is 11.3 Å². The van der Waals surface area contributed by atoms with E-state index in [0.717, 1.165) is 51.0 Å². The first-order chi connectivity index (χ1) is 17.6. The molecule has 3 fully saturated rings. The Hall–Kier alpha value is -3.61. The maximum atomic E-state index is 13.5. The van der Waals surface area contributed by atoms with Gasteiger partial charge in [-0.25, -0.2) is 0 Å². The van der Waals surface area contributed by atoms with E-state index < -0.39 is 0 Å².